The van der Waals surface area contributed by atoms with Gasteiger partial charge in [-0.1, -0.05) is 70.9 Å². The van der Waals surface area contributed by atoms with E-state index >= 15 is 0 Å². The van der Waals surface area contributed by atoms with Gasteiger partial charge < -0.3 is 9.42 Å². The lowest BCUT2D eigenvalue weighted by atomic mass is 9.94. The fourth-order valence-electron chi connectivity index (χ4n) is 4.08. The molecule has 4 aromatic rings. The average molecular weight is 444 g/mol. The zero-order valence-electron chi connectivity index (χ0n) is 17.9. The van der Waals surface area contributed by atoms with E-state index in [-0.39, 0.29) is 11.9 Å². The van der Waals surface area contributed by atoms with E-state index in [1.54, 1.807) is 0 Å². The van der Waals surface area contributed by atoms with Gasteiger partial charge in [-0.25, -0.2) is 0 Å². The summed E-state index contributed by atoms with van der Waals surface area (Å²) in [6, 6.07) is 21.4. The van der Waals surface area contributed by atoms with Crippen LogP contribution in [-0.2, 0) is 0 Å². The molecule has 1 atom stereocenters. The van der Waals surface area contributed by atoms with Crippen molar-refractivity contribution in [2.75, 3.05) is 6.54 Å². The largest absolute Gasteiger partial charge is 0.334 e. The predicted octanol–water partition coefficient (Wildman–Crippen LogP) is 6.26. The molecule has 6 heteroatoms. The molecule has 0 saturated carbocycles. The molecule has 1 aliphatic heterocycles. The van der Waals surface area contributed by atoms with Gasteiger partial charge in [0.25, 0.3) is 11.8 Å². The van der Waals surface area contributed by atoms with Gasteiger partial charge in [0.1, 0.15) is 0 Å². The third kappa shape index (κ3) is 3.59. The zero-order valence-corrected chi connectivity index (χ0v) is 18.6. The Balaban J connectivity index is 1.45. The molecular weight excluding hydrogens is 422 g/mol. The molecule has 0 bridgehead atoms. The molecule has 0 aliphatic carbocycles. The topological polar surface area (TPSA) is 59.2 Å². The van der Waals surface area contributed by atoms with Gasteiger partial charge in [0.15, 0.2) is 5.82 Å². The van der Waals surface area contributed by atoms with E-state index in [0.717, 1.165) is 34.2 Å². The van der Waals surface area contributed by atoms with Crippen LogP contribution in [0.5, 0.6) is 0 Å². The summed E-state index contributed by atoms with van der Waals surface area (Å²) in [5.74, 6) is 0.918. The molecule has 0 N–H and O–H groups in total. The Morgan fingerprint density at radius 3 is 2.59 bits per heavy atom. The molecule has 1 aromatic heterocycles. The van der Waals surface area contributed by atoms with Gasteiger partial charge in [0.05, 0.1) is 6.04 Å². The summed E-state index contributed by atoms with van der Waals surface area (Å²) >= 11 is 6.24. The van der Waals surface area contributed by atoms with Crippen LogP contribution in [0.25, 0.3) is 22.6 Å². The number of amides is 1. The predicted molar refractivity (Wildman–Crippen MR) is 124 cm³/mol. The van der Waals surface area contributed by atoms with Gasteiger partial charge in [-0.3, -0.25) is 4.79 Å². The molecular formula is C26H22ClN3O2. The molecule has 5 nitrogen and oxygen atoms in total. The van der Waals surface area contributed by atoms with Gasteiger partial charge in [-0.05, 0) is 55.2 Å². The average Bonchev–Trinajstić information content (AvgIpc) is 3.24. The molecule has 0 radical (unpaired) electrons. The maximum atomic E-state index is 13.6. The zero-order chi connectivity index (χ0) is 22.2. The number of aromatic nitrogens is 2. The minimum absolute atomic E-state index is 0.0194. The van der Waals surface area contributed by atoms with Crippen LogP contribution < -0.4 is 0 Å². The van der Waals surface area contributed by atoms with Crippen molar-refractivity contribution in [3.05, 3.63) is 94.3 Å². The van der Waals surface area contributed by atoms with E-state index in [4.69, 9.17) is 16.1 Å². The van der Waals surface area contributed by atoms with Crippen molar-refractivity contribution in [1.29, 1.82) is 0 Å². The lowest BCUT2D eigenvalue weighted by Crippen LogP contribution is -2.45. The first-order valence-electron chi connectivity index (χ1n) is 10.6. The van der Waals surface area contributed by atoms with Crippen molar-refractivity contribution in [3.63, 3.8) is 0 Å². The number of benzene rings is 3. The van der Waals surface area contributed by atoms with Crippen molar-refractivity contribution in [3.8, 4) is 22.6 Å². The van der Waals surface area contributed by atoms with Crippen LogP contribution in [0.4, 0.5) is 0 Å². The highest BCUT2D eigenvalue weighted by atomic mass is 35.5. The molecule has 1 unspecified atom stereocenters. The first kappa shape index (κ1) is 20.5. The lowest BCUT2D eigenvalue weighted by Gasteiger charge is -2.39. The van der Waals surface area contributed by atoms with E-state index in [0.29, 0.717) is 28.8 Å². The first-order chi connectivity index (χ1) is 15.5. The summed E-state index contributed by atoms with van der Waals surface area (Å²) in [7, 11) is 0. The molecule has 3 aromatic carbocycles. The molecule has 160 valence electrons. The summed E-state index contributed by atoms with van der Waals surface area (Å²) in [6.45, 7) is 4.58. The minimum atomic E-state index is -0.205. The Bertz CT molecular complexity index is 1300. The van der Waals surface area contributed by atoms with E-state index in [2.05, 4.69) is 10.1 Å². The Morgan fingerprint density at radius 1 is 1.03 bits per heavy atom. The van der Waals surface area contributed by atoms with Crippen molar-refractivity contribution >= 4 is 17.5 Å². The van der Waals surface area contributed by atoms with Gasteiger partial charge in [0.2, 0.25) is 0 Å². The minimum Gasteiger partial charge on any atom is -0.334 e. The van der Waals surface area contributed by atoms with Crippen LogP contribution in [0.1, 0.15) is 39.8 Å². The monoisotopic (exact) mass is 443 g/mol. The van der Waals surface area contributed by atoms with Crippen molar-refractivity contribution in [2.45, 2.75) is 26.3 Å². The Morgan fingerprint density at radius 2 is 1.84 bits per heavy atom. The van der Waals surface area contributed by atoms with Crippen LogP contribution in [0.3, 0.4) is 0 Å². The van der Waals surface area contributed by atoms with Gasteiger partial charge in [0, 0.05) is 22.7 Å². The van der Waals surface area contributed by atoms with Crippen molar-refractivity contribution in [2.24, 2.45) is 0 Å². The molecule has 5 rings (SSSR count). The fourth-order valence-corrected chi connectivity index (χ4v) is 4.25. The summed E-state index contributed by atoms with van der Waals surface area (Å²) in [4.78, 5) is 20.0. The highest BCUT2D eigenvalue weighted by Gasteiger charge is 2.38. The quantitative estimate of drug-likeness (QED) is 0.373. The maximum absolute atomic E-state index is 13.6. The van der Waals surface area contributed by atoms with E-state index in [1.165, 1.54) is 0 Å². The van der Waals surface area contributed by atoms with Crippen LogP contribution in [0.2, 0.25) is 5.02 Å². The van der Waals surface area contributed by atoms with E-state index in [9.17, 15) is 4.79 Å². The SMILES string of the molecule is Cc1ccc(-c2ccccc2)c(C(=O)N2CCC2c2noc(-c3cccc(Cl)c3C)n2)c1. The first-order valence-corrected chi connectivity index (χ1v) is 11.0. The summed E-state index contributed by atoms with van der Waals surface area (Å²) in [6.07, 6.45) is 0.797. The van der Waals surface area contributed by atoms with Gasteiger partial charge in [-0.15, -0.1) is 0 Å². The number of carbonyl (C=O) groups is 1. The molecule has 1 fully saturated rings. The second-order valence-corrected chi connectivity index (χ2v) is 8.50. The van der Waals surface area contributed by atoms with Crippen LogP contribution in [-0.4, -0.2) is 27.5 Å². The summed E-state index contributed by atoms with van der Waals surface area (Å²) < 4.78 is 5.53. The number of likely N-dealkylation sites (tertiary alicyclic amines) is 1. The molecule has 2 heterocycles. The smallest absolute Gasteiger partial charge is 0.258 e. The second kappa shape index (κ2) is 8.24. The second-order valence-electron chi connectivity index (χ2n) is 8.09. The van der Waals surface area contributed by atoms with Crippen LogP contribution in [0.15, 0.2) is 71.3 Å². The molecule has 32 heavy (non-hydrogen) atoms. The summed E-state index contributed by atoms with van der Waals surface area (Å²) in [5, 5.41) is 4.84. The lowest BCUT2D eigenvalue weighted by molar-refractivity contribution is 0.0436. The highest BCUT2D eigenvalue weighted by molar-refractivity contribution is 6.31. The Labute approximate surface area is 191 Å². The number of nitrogens with zero attached hydrogens (tertiary/aromatic N) is 3. The third-order valence-electron chi connectivity index (χ3n) is 6.01. The van der Waals surface area contributed by atoms with Crippen molar-refractivity contribution < 1.29 is 9.32 Å². The standard InChI is InChI=1S/C26H22ClN3O2/c1-16-11-12-20(18-7-4-3-5-8-18)21(15-16)26(31)30-14-13-23(30)24-28-25(32-29-24)19-9-6-10-22(27)17(19)2/h3-12,15,23H,13-14H2,1-2H3. The highest BCUT2D eigenvalue weighted by Crippen LogP contribution is 2.36. The number of halogens is 1. The summed E-state index contributed by atoms with van der Waals surface area (Å²) in [5.41, 5.74) is 5.37. The van der Waals surface area contributed by atoms with Crippen LogP contribution in [0, 0.1) is 13.8 Å². The Kier molecular flexibility index (Phi) is 5.27. The molecule has 1 aliphatic rings. The maximum Gasteiger partial charge on any atom is 0.258 e. The molecule has 0 spiro atoms. The van der Waals surface area contributed by atoms with Crippen LogP contribution >= 0.6 is 11.6 Å². The van der Waals surface area contributed by atoms with E-state index < -0.39 is 0 Å². The third-order valence-corrected chi connectivity index (χ3v) is 6.42. The molecule has 1 saturated heterocycles. The van der Waals surface area contributed by atoms with Gasteiger partial charge >= 0.3 is 0 Å². The number of aryl methyl sites for hydroxylation is 1. The normalized spacial score (nSPS) is 15.5. The van der Waals surface area contributed by atoms with E-state index in [1.807, 2.05) is 85.5 Å². The number of rotatable bonds is 4. The number of carbonyl (C=O) groups excluding carboxylic acids is 1. The number of hydrogen-bond donors (Lipinski definition) is 0. The van der Waals surface area contributed by atoms with Gasteiger partial charge in [-0.2, -0.15) is 4.98 Å². The molecule has 1 amide bonds. The Hall–Kier alpha value is -3.44. The number of hydrogen-bond acceptors (Lipinski definition) is 4. The fraction of sp³-hybridized carbons (Fsp3) is 0.192. The van der Waals surface area contributed by atoms with Crippen molar-refractivity contribution in [1.82, 2.24) is 15.0 Å².